The van der Waals surface area contributed by atoms with E-state index in [4.69, 9.17) is 9.47 Å². The molecule has 4 rings (SSSR count). The number of hydrogen-bond acceptors (Lipinski definition) is 4. The van der Waals surface area contributed by atoms with Crippen LogP contribution in [0.25, 0.3) is 0 Å². The molecule has 4 nitrogen and oxygen atoms in total. The van der Waals surface area contributed by atoms with Gasteiger partial charge in [0.2, 0.25) is 0 Å². The Balaban J connectivity index is 1.77. The van der Waals surface area contributed by atoms with Crippen LogP contribution in [0, 0.1) is 0 Å². The first kappa shape index (κ1) is 13.4. The van der Waals surface area contributed by atoms with Gasteiger partial charge in [-0.05, 0) is 44.6 Å². The van der Waals surface area contributed by atoms with E-state index in [1.165, 1.54) is 31.5 Å². The molecule has 1 aromatic rings. The van der Waals surface area contributed by atoms with Crippen molar-refractivity contribution in [1.82, 2.24) is 10.2 Å². The maximum absolute atomic E-state index is 6.44. The van der Waals surface area contributed by atoms with Crippen molar-refractivity contribution < 1.29 is 9.47 Å². The van der Waals surface area contributed by atoms with Crippen molar-refractivity contribution in [2.24, 2.45) is 0 Å². The van der Waals surface area contributed by atoms with E-state index in [-0.39, 0.29) is 5.60 Å². The summed E-state index contributed by atoms with van der Waals surface area (Å²) in [7, 11) is 1.76. The summed E-state index contributed by atoms with van der Waals surface area (Å²) in [6, 6.07) is 6.66. The van der Waals surface area contributed by atoms with Crippen molar-refractivity contribution in [3.63, 3.8) is 0 Å². The fourth-order valence-electron chi connectivity index (χ4n) is 4.20. The third kappa shape index (κ3) is 2.21. The molecule has 2 fully saturated rings. The number of rotatable bonds is 2. The molecule has 2 atom stereocenters. The van der Waals surface area contributed by atoms with Crippen molar-refractivity contribution >= 4 is 0 Å². The molecule has 4 heteroatoms. The highest BCUT2D eigenvalue weighted by Crippen LogP contribution is 2.49. The molecule has 21 heavy (non-hydrogen) atoms. The fraction of sp³-hybridized carbons (Fsp3) is 0.647. The predicted octanol–water partition coefficient (Wildman–Crippen LogP) is 2.35. The molecule has 1 N–H and O–H groups in total. The van der Waals surface area contributed by atoms with E-state index in [1.54, 1.807) is 7.11 Å². The Morgan fingerprint density at radius 3 is 2.90 bits per heavy atom. The van der Waals surface area contributed by atoms with Gasteiger partial charge in [0.1, 0.15) is 17.1 Å². The molecule has 2 saturated heterocycles. The first-order chi connectivity index (χ1) is 10.3. The molecule has 3 aliphatic rings. The summed E-state index contributed by atoms with van der Waals surface area (Å²) in [5.41, 5.74) is 1.24. The summed E-state index contributed by atoms with van der Waals surface area (Å²) in [5, 5.41) is 3.48. The maximum Gasteiger partial charge on any atom is 0.128 e. The summed E-state index contributed by atoms with van der Waals surface area (Å²) >= 11 is 0. The molecule has 3 heterocycles. The summed E-state index contributed by atoms with van der Waals surface area (Å²) < 4.78 is 12.1. The van der Waals surface area contributed by atoms with Gasteiger partial charge >= 0.3 is 0 Å². The van der Waals surface area contributed by atoms with Gasteiger partial charge in [-0.2, -0.15) is 0 Å². The van der Waals surface area contributed by atoms with Gasteiger partial charge in [0, 0.05) is 25.4 Å². The van der Waals surface area contributed by atoms with E-state index in [1.807, 2.05) is 6.07 Å². The maximum atomic E-state index is 6.44. The van der Waals surface area contributed by atoms with E-state index < -0.39 is 0 Å². The number of likely N-dealkylation sites (tertiary alicyclic amines) is 1. The molecular formula is C17H24N2O2. The molecule has 0 saturated carbocycles. The lowest BCUT2D eigenvalue weighted by molar-refractivity contribution is 0.0215. The van der Waals surface area contributed by atoms with Gasteiger partial charge in [0.15, 0.2) is 0 Å². The molecule has 2 unspecified atom stereocenters. The first-order valence-electron chi connectivity index (χ1n) is 8.12. The average Bonchev–Trinajstić information content (AvgIpc) is 3.18. The van der Waals surface area contributed by atoms with Crippen LogP contribution >= 0.6 is 0 Å². The molecule has 1 aromatic carbocycles. The number of hydrogen-bond donors (Lipinski definition) is 1. The van der Waals surface area contributed by atoms with Crippen LogP contribution in [-0.2, 0) is 0 Å². The van der Waals surface area contributed by atoms with E-state index >= 15 is 0 Å². The van der Waals surface area contributed by atoms with Gasteiger partial charge in [-0.25, -0.2) is 0 Å². The zero-order chi connectivity index (χ0) is 14.3. The second kappa shape index (κ2) is 5.18. The number of ether oxygens (including phenoxy) is 2. The lowest BCUT2D eigenvalue weighted by Gasteiger charge is -2.43. The van der Waals surface area contributed by atoms with Crippen molar-refractivity contribution in [2.75, 3.05) is 33.3 Å². The average molecular weight is 288 g/mol. The molecule has 0 aromatic heterocycles. The van der Waals surface area contributed by atoms with E-state index in [2.05, 4.69) is 22.3 Å². The van der Waals surface area contributed by atoms with E-state index in [0.29, 0.717) is 6.04 Å². The number of benzene rings is 1. The Morgan fingerprint density at radius 2 is 2.19 bits per heavy atom. The minimum Gasteiger partial charge on any atom is -0.496 e. The van der Waals surface area contributed by atoms with Crippen LogP contribution in [0.1, 0.15) is 37.3 Å². The van der Waals surface area contributed by atoms with E-state index in [9.17, 15) is 0 Å². The topological polar surface area (TPSA) is 33.7 Å². The highest BCUT2D eigenvalue weighted by Gasteiger charge is 2.46. The Bertz CT molecular complexity index is 520. The van der Waals surface area contributed by atoms with Crippen LogP contribution in [0.5, 0.6) is 11.5 Å². The van der Waals surface area contributed by atoms with Gasteiger partial charge < -0.3 is 14.8 Å². The molecule has 1 spiro atoms. The summed E-state index contributed by atoms with van der Waals surface area (Å²) in [6.07, 6.45) is 4.81. The van der Waals surface area contributed by atoms with Crippen LogP contribution < -0.4 is 14.8 Å². The predicted molar refractivity (Wildman–Crippen MR) is 82.0 cm³/mol. The Kier molecular flexibility index (Phi) is 3.31. The summed E-state index contributed by atoms with van der Waals surface area (Å²) in [6.45, 7) is 4.43. The third-order valence-corrected chi connectivity index (χ3v) is 5.26. The highest BCUT2D eigenvalue weighted by molar-refractivity contribution is 5.49. The largest absolute Gasteiger partial charge is 0.496 e. The SMILES string of the molecule is COc1cccc2c1C(N1CCCC1)CC1(CCNC1)O2. The van der Waals surface area contributed by atoms with Crippen LogP contribution in [0.4, 0.5) is 0 Å². The minimum atomic E-state index is -0.0212. The highest BCUT2D eigenvalue weighted by atomic mass is 16.5. The molecule has 0 bridgehead atoms. The third-order valence-electron chi connectivity index (χ3n) is 5.26. The van der Waals surface area contributed by atoms with Gasteiger partial charge in [-0.15, -0.1) is 0 Å². The van der Waals surface area contributed by atoms with Crippen molar-refractivity contribution in [3.05, 3.63) is 23.8 Å². The monoisotopic (exact) mass is 288 g/mol. The lowest BCUT2D eigenvalue weighted by atomic mass is 9.85. The van der Waals surface area contributed by atoms with E-state index in [0.717, 1.165) is 37.4 Å². The second-order valence-corrected chi connectivity index (χ2v) is 6.55. The Hall–Kier alpha value is -1.26. The van der Waals surface area contributed by atoms with Crippen molar-refractivity contribution in [1.29, 1.82) is 0 Å². The van der Waals surface area contributed by atoms with Gasteiger partial charge in [-0.1, -0.05) is 6.07 Å². The quantitative estimate of drug-likeness (QED) is 0.906. The summed E-state index contributed by atoms with van der Waals surface area (Å²) in [4.78, 5) is 2.63. The zero-order valence-electron chi connectivity index (χ0n) is 12.7. The number of nitrogens with one attached hydrogen (secondary N) is 1. The standard InChI is InChI=1S/C17H24N2O2/c1-20-14-5-4-6-15-16(14)13(19-9-2-3-10-19)11-17(21-15)7-8-18-12-17/h4-6,13,18H,2-3,7-12H2,1H3. The van der Waals surface area contributed by atoms with Crippen molar-refractivity contribution in [2.45, 2.75) is 37.3 Å². The first-order valence-corrected chi connectivity index (χ1v) is 8.12. The normalized spacial score (nSPS) is 32.1. The van der Waals surface area contributed by atoms with Crippen LogP contribution in [0.2, 0.25) is 0 Å². The smallest absolute Gasteiger partial charge is 0.128 e. The van der Waals surface area contributed by atoms with Gasteiger partial charge in [0.05, 0.1) is 12.7 Å². The molecular weight excluding hydrogens is 264 g/mol. The molecule has 114 valence electrons. The Morgan fingerprint density at radius 1 is 1.33 bits per heavy atom. The second-order valence-electron chi connectivity index (χ2n) is 6.55. The van der Waals surface area contributed by atoms with Crippen LogP contribution in [0.3, 0.4) is 0 Å². The molecule has 0 aliphatic carbocycles. The zero-order valence-corrected chi connectivity index (χ0v) is 12.7. The molecule has 0 radical (unpaired) electrons. The minimum absolute atomic E-state index is 0.0212. The van der Waals surface area contributed by atoms with Crippen LogP contribution in [0.15, 0.2) is 18.2 Å². The fourth-order valence-corrected chi connectivity index (χ4v) is 4.20. The molecule has 0 amide bonds. The lowest BCUT2D eigenvalue weighted by Crippen LogP contribution is -2.46. The molecule has 3 aliphatic heterocycles. The number of methoxy groups -OCH3 is 1. The summed E-state index contributed by atoms with van der Waals surface area (Å²) in [5.74, 6) is 2.01. The number of nitrogens with zero attached hydrogens (tertiary/aromatic N) is 1. The van der Waals surface area contributed by atoms with Gasteiger partial charge in [0.25, 0.3) is 0 Å². The van der Waals surface area contributed by atoms with Crippen molar-refractivity contribution in [3.8, 4) is 11.5 Å². The van der Waals surface area contributed by atoms with Crippen LogP contribution in [-0.4, -0.2) is 43.8 Å². The Labute approximate surface area is 126 Å². The number of fused-ring (bicyclic) bond motifs is 1. The van der Waals surface area contributed by atoms with Gasteiger partial charge in [-0.3, -0.25) is 4.90 Å².